The Balaban J connectivity index is 2.81. The van der Waals surface area contributed by atoms with Gasteiger partial charge in [-0.15, -0.1) is 0 Å². The third-order valence-electron chi connectivity index (χ3n) is 3.44. The topological polar surface area (TPSA) is 21.3 Å². The second-order valence-electron chi connectivity index (χ2n) is 5.06. The third-order valence-corrected chi connectivity index (χ3v) is 4.17. The fourth-order valence-corrected chi connectivity index (χ4v) is 2.87. The van der Waals surface area contributed by atoms with Gasteiger partial charge in [-0.2, -0.15) is 0 Å². The van der Waals surface area contributed by atoms with Gasteiger partial charge in [-0.3, -0.25) is 0 Å². The van der Waals surface area contributed by atoms with E-state index in [1.165, 1.54) is 12.1 Å². The van der Waals surface area contributed by atoms with E-state index in [1.54, 1.807) is 7.11 Å². The molecule has 0 radical (unpaired) electrons. The van der Waals surface area contributed by atoms with Crippen molar-refractivity contribution in [3.05, 3.63) is 34.1 Å². The Labute approximate surface area is 130 Å². The Morgan fingerprint density at radius 1 is 1.30 bits per heavy atom. The van der Waals surface area contributed by atoms with Crippen molar-refractivity contribution >= 4 is 15.9 Å². The molecule has 1 aromatic carbocycles. The van der Waals surface area contributed by atoms with E-state index in [1.807, 2.05) is 6.07 Å². The Morgan fingerprint density at radius 3 is 2.60 bits per heavy atom. The van der Waals surface area contributed by atoms with E-state index in [4.69, 9.17) is 4.74 Å². The maximum atomic E-state index is 13.2. The Kier molecular flexibility index (Phi) is 8.34. The molecule has 0 heterocycles. The van der Waals surface area contributed by atoms with Gasteiger partial charge in [-0.1, -0.05) is 42.3 Å². The summed E-state index contributed by atoms with van der Waals surface area (Å²) in [7, 11) is 1.76. The molecule has 1 rings (SSSR count). The summed E-state index contributed by atoms with van der Waals surface area (Å²) in [5.74, 6) is -0.212. The zero-order chi connectivity index (χ0) is 15.0. The first kappa shape index (κ1) is 17.6. The summed E-state index contributed by atoms with van der Waals surface area (Å²) in [6.07, 6.45) is 4.22. The van der Waals surface area contributed by atoms with Gasteiger partial charge in [0.15, 0.2) is 0 Å². The van der Waals surface area contributed by atoms with E-state index in [2.05, 4.69) is 35.1 Å². The molecule has 114 valence electrons. The molecule has 0 aliphatic heterocycles. The molecule has 0 saturated carbocycles. The van der Waals surface area contributed by atoms with Crippen LogP contribution in [0.1, 0.15) is 38.7 Å². The van der Waals surface area contributed by atoms with Crippen molar-refractivity contribution < 1.29 is 9.13 Å². The largest absolute Gasteiger partial charge is 0.380 e. The smallest absolute Gasteiger partial charge is 0.124 e. The molecule has 0 spiro atoms. The molecule has 1 aromatic rings. The molecular formula is C16H25BrFNO. The fraction of sp³-hybridized carbons (Fsp3) is 0.625. The van der Waals surface area contributed by atoms with Gasteiger partial charge in [0, 0.05) is 17.6 Å². The van der Waals surface area contributed by atoms with Gasteiger partial charge in [-0.05, 0) is 43.5 Å². The van der Waals surface area contributed by atoms with Crippen LogP contribution in [0.3, 0.4) is 0 Å². The molecule has 1 N–H and O–H groups in total. The van der Waals surface area contributed by atoms with E-state index < -0.39 is 0 Å². The molecule has 0 bridgehead atoms. The molecule has 0 aliphatic rings. The van der Waals surface area contributed by atoms with Crippen LogP contribution in [-0.2, 0) is 11.2 Å². The van der Waals surface area contributed by atoms with E-state index >= 15 is 0 Å². The average molecular weight is 346 g/mol. The maximum absolute atomic E-state index is 13.2. The summed E-state index contributed by atoms with van der Waals surface area (Å²) in [5, 5.41) is 3.56. The summed E-state index contributed by atoms with van der Waals surface area (Å²) >= 11 is 3.45. The highest BCUT2D eigenvalue weighted by Gasteiger charge is 2.21. The normalized spacial score (nSPS) is 14.2. The zero-order valence-electron chi connectivity index (χ0n) is 12.6. The average Bonchev–Trinajstić information content (AvgIpc) is 2.43. The number of halogens is 2. The van der Waals surface area contributed by atoms with Crippen LogP contribution in [0.15, 0.2) is 22.7 Å². The SMILES string of the molecule is CCCNC(Cc1ccc(F)cc1Br)C(CCC)OC. The molecule has 2 unspecified atom stereocenters. The molecule has 2 nitrogen and oxygen atoms in total. The number of hydrogen-bond donors (Lipinski definition) is 1. The maximum Gasteiger partial charge on any atom is 0.124 e. The minimum Gasteiger partial charge on any atom is -0.380 e. The van der Waals surface area contributed by atoms with Crippen LogP contribution in [0.4, 0.5) is 4.39 Å². The summed E-state index contributed by atoms with van der Waals surface area (Å²) in [4.78, 5) is 0. The second kappa shape index (κ2) is 9.48. The number of ether oxygens (including phenoxy) is 1. The van der Waals surface area contributed by atoms with Crippen LogP contribution in [0.5, 0.6) is 0 Å². The number of hydrogen-bond acceptors (Lipinski definition) is 2. The van der Waals surface area contributed by atoms with Crippen LogP contribution >= 0.6 is 15.9 Å². The first-order valence-electron chi connectivity index (χ1n) is 7.32. The zero-order valence-corrected chi connectivity index (χ0v) is 14.2. The van der Waals surface area contributed by atoms with Gasteiger partial charge < -0.3 is 10.1 Å². The monoisotopic (exact) mass is 345 g/mol. The third kappa shape index (κ3) is 5.51. The quantitative estimate of drug-likeness (QED) is 0.719. The molecular weight excluding hydrogens is 321 g/mol. The Hall–Kier alpha value is -0.450. The van der Waals surface area contributed by atoms with Crippen molar-refractivity contribution in [2.45, 2.75) is 51.7 Å². The second-order valence-corrected chi connectivity index (χ2v) is 5.92. The van der Waals surface area contributed by atoms with Crippen LogP contribution in [0.25, 0.3) is 0 Å². The molecule has 0 fully saturated rings. The Morgan fingerprint density at radius 2 is 2.05 bits per heavy atom. The lowest BCUT2D eigenvalue weighted by molar-refractivity contribution is 0.0608. The van der Waals surface area contributed by atoms with Gasteiger partial charge in [0.2, 0.25) is 0 Å². The lowest BCUT2D eigenvalue weighted by atomic mass is 9.98. The number of rotatable bonds is 9. The highest BCUT2D eigenvalue weighted by Crippen LogP contribution is 2.21. The van der Waals surface area contributed by atoms with Crippen LogP contribution in [0, 0.1) is 5.82 Å². The van der Waals surface area contributed by atoms with Gasteiger partial charge in [0.25, 0.3) is 0 Å². The molecule has 0 aliphatic carbocycles. The fourth-order valence-electron chi connectivity index (χ4n) is 2.36. The Bertz CT molecular complexity index is 400. The summed E-state index contributed by atoms with van der Waals surface area (Å²) < 4.78 is 19.6. The first-order chi connectivity index (χ1) is 9.62. The first-order valence-corrected chi connectivity index (χ1v) is 8.11. The van der Waals surface area contributed by atoms with E-state index in [9.17, 15) is 4.39 Å². The van der Waals surface area contributed by atoms with Crippen molar-refractivity contribution in [1.29, 1.82) is 0 Å². The van der Waals surface area contributed by atoms with Gasteiger partial charge >= 0.3 is 0 Å². The number of methoxy groups -OCH3 is 1. The van der Waals surface area contributed by atoms with Crippen LogP contribution in [0.2, 0.25) is 0 Å². The van der Waals surface area contributed by atoms with E-state index in [0.29, 0.717) is 0 Å². The predicted octanol–water partition coefficient (Wildman–Crippen LogP) is 4.31. The van der Waals surface area contributed by atoms with Crippen molar-refractivity contribution in [2.24, 2.45) is 0 Å². The van der Waals surface area contributed by atoms with Gasteiger partial charge in [0.05, 0.1) is 6.10 Å². The lowest BCUT2D eigenvalue weighted by Crippen LogP contribution is -2.43. The van der Waals surface area contributed by atoms with Gasteiger partial charge in [-0.25, -0.2) is 4.39 Å². The molecule has 2 atom stereocenters. The van der Waals surface area contributed by atoms with Crippen LogP contribution < -0.4 is 5.32 Å². The molecule has 0 saturated heterocycles. The van der Waals surface area contributed by atoms with E-state index in [-0.39, 0.29) is 18.0 Å². The van der Waals surface area contributed by atoms with Gasteiger partial charge in [0.1, 0.15) is 5.82 Å². The highest BCUT2D eigenvalue weighted by molar-refractivity contribution is 9.10. The predicted molar refractivity (Wildman–Crippen MR) is 85.6 cm³/mol. The minimum absolute atomic E-state index is 0.184. The summed E-state index contributed by atoms with van der Waals surface area (Å²) in [5.41, 5.74) is 1.11. The van der Waals surface area contributed by atoms with Crippen molar-refractivity contribution in [1.82, 2.24) is 5.32 Å². The molecule has 0 aromatic heterocycles. The summed E-state index contributed by atoms with van der Waals surface area (Å²) in [6, 6.07) is 5.13. The van der Waals surface area contributed by atoms with Crippen molar-refractivity contribution in [2.75, 3.05) is 13.7 Å². The highest BCUT2D eigenvalue weighted by atomic mass is 79.9. The van der Waals surface area contributed by atoms with Crippen molar-refractivity contribution in [3.8, 4) is 0 Å². The van der Waals surface area contributed by atoms with Crippen LogP contribution in [-0.4, -0.2) is 25.8 Å². The summed E-state index contributed by atoms with van der Waals surface area (Å²) in [6.45, 7) is 5.28. The number of benzene rings is 1. The van der Waals surface area contributed by atoms with E-state index in [0.717, 1.165) is 42.3 Å². The molecule has 4 heteroatoms. The lowest BCUT2D eigenvalue weighted by Gasteiger charge is -2.27. The number of nitrogens with one attached hydrogen (secondary N) is 1. The standard InChI is InChI=1S/C16H25BrFNO/c1-4-6-16(20-3)15(19-9-5-2)10-12-7-8-13(18)11-14(12)17/h7-8,11,15-16,19H,4-6,9-10H2,1-3H3. The van der Waals surface area contributed by atoms with Crippen molar-refractivity contribution in [3.63, 3.8) is 0 Å². The molecule has 20 heavy (non-hydrogen) atoms. The molecule has 0 amide bonds. The minimum atomic E-state index is -0.212.